The number of sulfonamides is 1. The second-order valence-electron chi connectivity index (χ2n) is 7.01. The van der Waals surface area contributed by atoms with E-state index in [1.165, 1.54) is 4.79 Å². The number of hydrogen-bond donors (Lipinski definition) is 1. The maximum Gasteiger partial charge on any atom is 0.276 e. The topological polar surface area (TPSA) is 64.0 Å². The fraction of sp³-hybridized carbons (Fsp3) is 0.0870. The molecule has 0 aliphatic heterocycles. The molecule has 4 aromatic rings. The largest absolute Gasteiger partial charge is 0.276 e. The molecule has 4 rings (SSSR count). The van der Waals surface area contributed by atoms with Crippen LogP contribution in [0.3, 0.4) is 0 Å². The third-order valence-electron chi connectivity index (χ3n) is 4.85. The molecule has 0 aliphatic carbocycles. The lowest BCUT2D eigenvalue weighted by molar-refractivity contribution is 0.592. The van der Waals surface area contributed by atoms with Crippen molar-refractivity contribution in [1.29, 1.82) is 0 Å². The predicted molar refractivity (Wildman–Crippen MR) is 121 cm³/mol. The lowest BCUT2D eigenvalue weighted by Gasteiger charge is -2.14. The van der Waals surface area contributed by atoms with Crippen LogP contribution in [-0.4, -0.2) is 18.3 Å². The molecule has 0 spiro atoms. The van der Waals surface area contributed by atoms with Crippen molar-refractivity contribution < 1.29 is 8.42 Å². The van der Waals surface area contributed by atoms with Gasteiger partial charge in [0.25, 0.3) is 10.0 Å². The zero-order valence-electron chi connectivity index (χ0n) is 16.5. The number of aryl methyl sites for hydroxylation is 2. The Labute approximate surface area is 181 Å². The SMILES string of the molecule is Cc1cccc(C)c1-c1cc(-c2ccc(Cl)cc2)nn1NS(=O)(=O)c1ccccc1. The highest BCUT2D eigenvalue weighted by Crippen LogP contribution is 2.31. The van der Waals surface area contributed by atoms with Gasteiger partial charge in [0, 0.05) is 16.1 Å². The quantitative estimate of drug-likeness (QED) is 0.453. The first-order valence-corrected chi connectivity index (χ1v) is 11.2. The molecule has 1 aromatic heterocycles. The molecule has 0 bridgehead atoms. The monoisotopic (exact) mass is 437 g/mol. The highest BCUT2D eigenvalue weighted by atomic mass is 35.5. The standard InChI is InChI=1S/C23H20ClN3O2S/c1-16-7-6-8-17(2)23(16)22-15-21(18-11-13-19(24)14-12-18)25-27(22)26-30(28,29)20-9-4-3-5-10-20/h3-15,26H,1-2H3. The molecule has 5 nitrogen and oxygen atoms in total. The number of hydrogen-bond acceptors (Lipinski definition) is 3. The van der Waals surface area contributed by atoms with Crippen LogP contribution >= 0.6 is 11.6 Å². The Morgan fingerprint density at radius 3 is 2.13 bits per heavy atom. The summed E-state index contributed by atoms with van der Waals surface area (Å²) in [6, 6.07) is 23.3. The highest BCUT2D eigenvalue weighted by Gasteiger charge is 2.20. The van der Waals surface area contributed by atoms with Crippen molar-refractivity contribution in [3.63, 3.8) is 0 Å². The summed E-state index contributed by atoms with van der Waals surface area (Å²) in [6.45, 7) is 3.99. The molecule has 0 radical (unpaired) electrons. The van der Waals surface area contributed by atoms with Gasteiger partial charge in [-0.15, -0.1) is 0 Å². The summed E-state index contributed by atoms with van der Waals surface area (Å²) in [4.78, 5) is 4.11. The lowest BCUT2D eigenvalue weighted by Crippen LogP contribution is -2.25. The number of halogens is 1. The highest BCUT2D eigenvalue weighted by molar-refractivity contribution is 7.92. The van der Waals surface area contributed by atoms with E-state index in [9.17, 15) is 8.42 Å². The van der Waals surface area contributed by atoms with E-state index in [1.54, 1.807) is 42.5 Å². The maximum absolute atomic E-state index is 13.0. The number of benzene rings is 3. The normalized spacial score (nSPS) is 11.4. The molecular weight excluding hydrogens is 418 g/mol. The Hall–Kier alpha value is -3.09. The molecular formula is C23H20ClN3O2S. The minimum atomic E-state index is -3.82. The van der Waals surface area contributed by atoms with E-state index in [2.05, 4.69) is 9.93 Å². The fourth-order valence-electron chi connectivity index (χ4n) is 3.38. The van der Waals surface area contributed by atoms with Crippen LogP contribution in [0, 0.1) is 13.8 Å². The Kier molecular flexibility index (Phi) is 5.37. The van der Waals surface area contributed by atoms with Crippen LogP contribution in [0.1, 0.15) is 11.1 Å². The maximum atomic E-state index is 13.0. The lowest BCUT2D eigenvalue weighted by atomic mass is 9.99. The van der Waals surface area contributed by atoms with Crippen molar-refractivity contribution in [2.24, 2.45) is 0 Å². The van der Waals surface area contributed by atoms with E-state index >= 15 is 0 Å². The third kappa shape index (κ3) is 3.97. The van der Waals surface area contributed by atoms with Gasteiger partial charge in [0.15, 0.2) is 0 Å². The summed E-state index contributed by atoms with van der Waals surface area (Å²) < 4.78 is 25.9. The van der Waals surface area contributed by atoms with Gasteiger partial charge in [-0.05, 0) is 55.3 Å². The van der Waals surface area contributed by atoms with Crippen LogP contribution in [0.4, 0.5) is 0 Å². The molecule has 7 heteroatoms. The van der Waals surface area contributed by atoms with Crippen molar-refractivity contribution in [2.45, 2.75) is 18.7 Å². The first kappa shape index (κ1) is 20.2. The zero-order valence-corrected chi connectivity index (χ0v) is 18.1. The summed E-state index contributed by atoms with van der Waals surface area (Å²) in [5, 5.41) is 5.19. The van der Waals surface area contributed by atoms with E-state index < -0.39 is 10.0 Å². The van der Waals surface area contributed by atoms with Gasteiger partial charge in [-0.25, -0.2) is 0 Å². The summed E-state index contributed by atoms with van der Waals surface area (Å²) in [5.74, 6) is 0. The van der Waals surface area contributed by atoms with E-state index in [0.717, 1.165) is 22.3 Å². The smallest absolute Gasteiger partial charge is 0.200 e. The molecule has 0 saturated heterocycles. The fourth-order valence-corrected chi connectivity index (χ4v) is 4.49. The second kappa shape index (κ2) is 7.97. The molecule has 152 valence electrons. The first-order chi connectivity index (χ1) is 14.3. The molecule has 0 unspecified atom stereocenters. The molecule has 0 aliphatic rings. The Morgan fingerprint density at radius 2 is 1.50 bits per heavy atom. The first-order valence-electron chi connectivity index (χ1n) is 9.35. The minimum Gasteiger partial charge on any atom is -0.200 e. The van der Waals surface area contributed by atoms with Crippen molar-refractivity contribution in [1.82, 2.24) is 9.89 Å². The van der Waals surface area contributed by atoms with Gasteiger partial charge >= 0.3 is 0 Å². The summed E-state index contributed by atoms with van der Waals surface area (Å²) in [6.07, 6.45) is 0. The van der Waals surface area contributed by atoms with Crippen LogP contribution in [0.5, 0.6) is 0 Å². The molecule has 0 fully saturated rings. The van der Waals surface area contributed by atoms with Crippen LogP contribution in [0.25, 0.3) is 22.5 Å². The molecule has 0 saturated carbocycles. The van der Waals surface area contributed by atoms with Gasteiger partial charge in [0.1, 0.15) is 0 Å². The van der Waals surface area contributed by atoms with Gasteiger partial charge in [-0.2, -0.15) is 23.1 Å². The Morgan fingerprint density at radius 1 is 0.867 bits per heavy atom. The van der Waals surface area contributed by atoms with E-state index in [1.807, 2.05) is 50.2 Å². The van der Waals surface area contributed by atoms with E-state index in [0.29, 0.717) is 16.4 Å². The van der Waals surface area contributed by atoms with Gasteiger partial charge in [-0.1, -0.05) is 60.1 Å². The summed E-state index contributed by atoms with van der Waals surface area (Å²) in [7, 11) is -3.82. The van der Waals surface area contributed by atoms with Crippen LogP contribution in [0.15, 0.2) is 83.8 Å². The molecule has 0 atom stereocenters. The third-order valence-corrected chi connectivity index (χ3v) is 6.40. The van der Waals surface area contributed by atoms with Crippen molar-refractivity contribution in [3.8, 4) is 22.5 Å². The summed E-state index contributed by atoms with van der Waals surface area (Å²) in [5.41, 5.74) is 5.12. The van der Waals surface area contributed by atoms with Crippen LogP contribution < -0.4 is 4.83 Å². The zero-order chi connectivity index (χ0) is 21.3. The van der Waals surface area contributed by atoms with Crippen LogP contribution in [-0.2, 0) is 10.0 Å². The van der Waals surface area contributed by atoms with Gasteiger partial charge < -0.3 is 0 Å². The Bertz CT molecular complexity index is 1280. The number of nitrogens with zero attached hydrogens (tertiary/aromatic N) is 2. The average molecular weight is 438 g/mol. The van der Waals surface area contributed by atoms with E-state index in [4.69, 9.17) is 11.6 Å². The van der Waals surface area contributed by atoms with Crippen LogP contribution in [0.2, 0.25) is 5.02 Å². The molecule has 1 N–H and O–H groups in total. The number of nitrogens with one attached hydrogen (secondary N) is 1. The molecule has 30 heavy (non-hydrogen) atoms. The van der Waals surface area contributed by atoms with Crippen molar-refractivity contribution in [3.05, 3.63) is 95.0 Å². The molecule has 3 aromatic carbocycles. The van der Waals surface area contributed by atoms with E-state index in [-0.39, 0.29) is 4.90 Å². The molecule has 0 amide bonds. The number of aromatic nitrogens is 2. The average Bonchev–Trinajstić information content (AvgIpc) is 3.12. The van der Waals surface area contributed by atoms with Gasteiger partial charge in [-0.3, -0.25) is 0 Å². The van der Waals surface area contributed by atoms with Crippen molar-refractivity contribution >= 4 is 21.6 Å². The van der Waals surface area contributed by atoms with Crippen molar-refractivity contribution in [2.75, 3.05) is 4.83 Å². The predicted octanol–water partition coefficient (Wildman–Crippen LogP) is 5.42. The van der Waals surface area contributed by atoms with Gasteiger partial charge in [0.05, 0.1) is 16.3 Å². The van der Waals surface area contributed by atoms with Gasteiger partial charge in [0.2, 0.25) is 0 Å². The number of rotatable bonds is 5. The minimum absolute atomic E-state index is 0.168. The second-order valence-corrected chi connectivity index (χ2v) is 9.11. The summed E-state index contributed by atoms with van der Waals surface area (Å²) >= 11 is 6.01. The molecule has 1 heterocycles. The Balaban J connectivity index is 1.87.